The fourth-order valence-electron chi connectivity index (χ4n) is 6.14. The summed E-state index contributed by atoms with van der Waals surface area (Å²) in [5.41, 5.74) is 7.04. The highest BCUT2D eigenvalue weighted by Gasteiger charge is 2.35. The minimum Gasteiger partial charge on any atom is -0.350 e. The van der Waals surface area contributed by atoms with Gasteiger partial charge in [0.1, 0.15) is 16.5 Å². The molecule has 2 saturated heterocycles. The molecule has 4 N–H and O–H groups in total. The number of likely N-dealkylation sites (tertiary alicyclic amines) is 1. The number of rotatable bonds is 8. The smallest absolute Gasteiger partial charge is 0.254 e. The number of amides is 2. The predicted octanol–water partition coefficient (Wildman–Crippen LogP) is 2.01. The van der Waals surface area contributed by atoms with E-state index in [4.69, 9.17) is 5.73 Å². The number of sulfonamides is 1. The second-order valence-electron chi connectivity index (χ2n) is 11.0. The van der Waals surface area contributed by atoms with Crippen LogP contribution in [0.25, 0.3) is 0 Å². The highest BCUT2D eigenvalue weighted by Crippen LogP contribution is 2.37. The molecule has 2 amide bonds. The van der Waals surface area contributed by atoms with Crippen LogP contribution in [-0.4, -0.2) is 80.8 Å². The quantitative estimate of drug-likeness (QED) is 0.393. The number of fused-ring (bicyclic) bond motifs is 1. The lowest BCUT2D eigenvalue weighted by Gasteiger charge is -2.28. The number of benzene rings is 2. The summed E-state index contributed by atoms with van der Waals surface area (Å²) in [6.07, 6.45) is 2.30. The van der Waals surface area contributed by atoms with Crippen molar-refractivity contribution in [3.8, 4) is 0 Å². The van der Waals surface area contributed by atoms with Crippen molar-refractivity contribution in [3.63, 3.8) is 0 Å². The molecule has 0 saturated carbocycles. The molecule has 2 aromatic rings. The van der Waals surface area contributed by atoms with Crippen LogP contribution >= 0.6 is 0 Å². The number of aryl methyl sites for hydroxylation is 1. The van der Waals surface area contributed by atoms with Crippen molar-refractivity contribution in [2.75, 3.05) is 39.3 Å². The zero-order valence-corrected chi connectivity index (χ0v) is 23.7. The van der Waals surface area contributed by atoms with E-state index in [9.17, 15) is 35.6 Å². The lowest BCUT2D eigenvalue weighted by atomic mass is 9.91. The first-order valence-corrected chi connectivity index (χ1v) is 15.4. The van der Waals surface area contributed by atoms with E-state index in [1.165, 1.54) is 6.07 Å². The summed E-state index contributed by atoms with van der Waals surface area (Å²) in [6, 6.07) is 2.38. The number of nitrogens with zero attached hydrogens (tertiary/aromatic N) is 2. The van der Waals surface area contributed by atoms with Gasteiger partial charge in [-0.25, -0.2) is 26.0 Å². The molecule has 228 valence electrons. The summed E-state index contributed by atoms with van der Waals surface area (Å²) in [6.45, 7) is 1.36. The molecule has 2 aromatic carbocycles. The Kier molecular flexibility index (Phi) is 8.88. The van der Waals surface area contributed by atoms with Crippen molar-refractivity contribution in [3.05, 3.63) is 64.2 Å². The third kappa shape index (κ3) is 6.03. The summed E-state index contributed by atoms with van der Waals surface area (Å²) in [5, 5.41) is 5.55. The molecular weight excluding hydrogens is 578 g/mol. The number of carbonyl (C=O) groups excluding carboxylic acids is 2. The molecule has 3 aliphatic rings. The summed E-state index contributed by atoms with van der Waals surface area (Å²) >= 11 is 0. The van der Waals surface area contributed by atoms with E-state index in [2.05, 4.69) is 10.6 Å². The van der Waals surface area contributed by atoms with E-state index in [0.29, 0.717) is 68.6 Å². The molecule has 14 heteroatoms. The van der Waals surface area contributed by atoms with Gasteiger partial charge >= 0.3 is 0 Å². The van der Waals surface area contributed by atoms with Gasteiger partial charge in [0.2, 0.25) is 15.9 Å². The molecule has 1 aliphatic carbocycles. The molecule has 2 aliphatic heterocycles. The highest BCUT2D eigenvalue weighted by molar-refractivity contribution is 7.89. The number of nitrogens with two attached hydrogens (primary N) is 1. The van der Waals surface area contributed by atoms with Crippen molar-refractivity contribution < 1.29 is 35.6 Å². The zero-order valence-electron chi connectivity index (χ0n) is 22.8. The van der Waals surface area contributed by atoms with Crippen LogP contribution in [0.5, 0.6) is 0 Å². The number of piperazine rings is 1. The second kappa shape index (κ2) is 12.3. The number of nitrogens with one attached hydrogen (secondary N) is 2. The molecule has 0 bridgehead atoms. The van der Waals surface area contributed by atoms with Gasteiger partial charge in [-0.1, -0.05) is 0 Å². The Morgan fingerprint density at radius 3 is 2.43 bits per heavy atom. The average molecular weight is 612 g/mol. The monoisotopic (exact) mass is 611 g/mol. The lowest BCUT2D eigenvalue weighted by Crippen LogP contribution is -2.46. The number of halogens is 4. The number of hydrogen-bond acceptors (Lipinski definition) is 6. The maximum Gasteiger partial charge on any atom is 0.254 e. The van der Waals surface area contributed by atoms with Crippen LogP contribution in [0, 0.1) is 23.3 Å². The molecular formula is C28H33F4N5O4S. The SMILES string of the molecule is NC(CC(=O)N1CCCC1CNC(=O)c1cc(S(=O)(=O)N2CCNCC2)c(F)cc1F)C1CCc2cc(F)c(F)cc21. The van der Waals surface area contributed by atoms with Crippen LogP contribution in [0.2, 0.25) is 0 Å². The van der Waals surface area contributed by atoms with Crippen molar-refractivity contribution in [2.24, 2.45) is 5.73 Å². The van der Waals surface area contributed by atoms with E-state index in [1.807, 2.05) is 0 Å². The molecule has 0 radical (unpaired) electrons. The Balaban J connectivity index is 1.23. The standard InChI is InChI=1S/C28H33F4N5O4S/c29-21-13-24(32)26(42(40,41)36-8-5-34-6-9-36)12-20(21)28(39)35-15-17-2-1-7-37(17)27(38)14-25(33)18-4-3-16-10-22(30)23(31)11-19(16)18/h10-13,17-18,25,34H,1-9,14-15,33H2,(H,35,39). The Morgan fingerprint density at radius 2 is 1.69 bits per heavy atom. The van der Waals surface area contributed by atoms with Gasteiger partial charge in [0.15, 0.2) is 11.6 Å². The van der Waals surface area contributed by atoms with Gasteiger partial charge in [-0.3, -0.25) is 9.59 Å². The predicted molar refractivity (Wildman–Crippen MR) is 145 cm³/mol. The topological polar surface area (TPSA) is 125 Å². The maximum absolute atomic E-state index is 14.6. The third-order valence-corrected chi connectivity index (χ3v) is 10.3. The van der Waals surface area contributed by atoms with Crippen molar-refractivity contribution in [2.45, 2.75) is 55.0 Å². The van der Waals surface area contributed by atoms with Crippen LogP contribution in [0.1, 0.15) is 53.1 Å². The largest absolute Gasteiger partial charge is 0.350 e. The van der Waals surface area contributed by atoms with Gasteiger partial charge in [-0.05, 0) is 55.0 Å². The minimum atomic E-state index is -4.29. The molecule has 3 unspecified atom stereocenters. The van der Waals surface area contributed by atoms with Gasteiger partial charge in [0.05, 0.1) is 5.56 Å². The minimum absolute atomic E-state index is 0.0343. The van der Waals surface area contributed by atoms with E-state index in [0.717, 1.165) is 10.4 Å². The van der Waals surface area contributed by atoms with E-state index < -0.39 is 61.7 Å². The van der Waals surface area contributed by atoms with Crippen LogP contribution in [0.3, 0.4) is 0 Å². The van der Waals surface area contributed by atoms with E-state index in [1.54, 1.807) is 4.90 Å². The van der Waals surface area contributed by atoms with Crippen LogP contribution in [0.15, 0.2) is 29.2 Å². The van der Waals surface area contributed by atoms with Gasteiger partial charge in [0, 0.05) is 69.8 Å². The summed E-state index contributed by atoms with van der Waals surface area (Å²) in [7, 11) is -4.29. The first-order chi connectivity index (χ1) is 20.0. The Hall–Kier alpha value is -3.07. The Bertz CT molecular complexity index is 1490. The summed E-state index contributed by atoms with van der Waals surface area (Å²) in [4.78, 5) is 26.9. The third-order valence-electron chi connectivity index (χ3n) is 8.39. The number of carbonyl (C=O) groups is 2. The molecule has 9 nitrogen and oxygen atoms in total. The van der Waals surface area contributed by atoms with E-state index in [-0.39, 0.29) is 37.9 Å². The van der Waals surface area contributed by atoms with Crippen LogP contribution < -0.4 is 16.4 Å². The van der Waals surface area contributed by atoms with Gasteiger partial charge in [-0.2, -0.15) is 4.31 Å². The van der Waals surface area contributed by atoms with Crippen LogP contribution in [0.4, 0.5) is 17.6 Å². The first-order valence-electron chi connectivity index (χ1n) is 14.0. The fraction of sp³-hybridized carbons (Fsp3) is 0.500. The van der Waals surface area contributed by atoms with E-state index >= 15 is 0 Å². The molecule has 2 fully saturated rings. The van der Waals surface area contributed by atoms with Crippen molar-refractivity contribution >= 4 is 21.8 Å². The average Bonchev–Trinajstić information content (AvgIpc) is 3.59. The summed E-state index contributed by atoms with van der Waals surface area (Å²) in [5.74, 6) is -5.86. The summed E-state index contributed by atoms with van der Waals surface area (Å²) < 4.78 is 83.7. The van der Waals surface area contributed by atoms with Gasteiger partial charge in [-0.15, -0.1) is 0 Å². The van der Waals surface area contributed by atoms with Crippen molar-refractivity contribution in [1.29, 1.82) is 0 Å². The molecule has 2 heterocycles. The fourth-order valence-corrected chi connectivity index (χ4v) is 7.66. The van der Waals surface area contributed by atoms with Crippen LogP contribution in [-0.2, 0) is 21.2 Å². The highest BCUT2D eigenvalue weighted by atomic mass is 32.2. The normalized spacial score (nSPS) is 21.8. The number of hydrogen-bond donors (Lipinski definition) is 3. The molecule has 3 atom stereocenters. The molecule has 0 spiro atoms. The molecule has 0 aromatic heterocycles. The zero-order chi connectivity index (χ0) is 30.2. The van der Waals surface area contributed by atoms with Crippen molar-refractivity contribution in [1.82, 2.24) is 19.8 Å². The Morgan fingerprint density at radius 1 is 0.976 bits per heavy atom. The lowest BCUT2D eigenvalue weighted by molar-refractivity contribution is -0.132. The first kappa shape index (κ1) is 30.4. The molecule has 42 heavy (non-hydrogen) atoms. The Labute approximate surface area is 241 Å². The molecule has 5 rings (SSSR count). The van der Waals surface area contributed by atoms with Gasteiger partial charge < -0.3 is 21.3 Å². The second-order valence-corrected chi connectivity index (χ2v) is 12.9. The van der Waals surface area contributed by atoms with Gasteiger partial charge in [0.25, 0.3) is 5.91 Å². The maximum atomic E-state index is 14.6.